The number of aliphatic hydroxyl groups excluding tert-OH is 1. The number of hydrogen-bond acceptors (Lipinski definition) is 3. The summed E-state index contributed by atoms with van der Waals surface area (Å²) in [7, 11) is 0. The molecule has 0 saturated carbocycles. The van der Waals surface area contributed by atoms with Crippen LogP contribution in [-0.2, 0) is 17.8 Å². The normalized spacial score (nSPS) is 13.4. The number of amides is 1. The lowest BCUT2D eigenvalue weighted by atomic mass is 9.90. The van der Waals surface area contributed by atoms with E-state index in [1.807, 2.05) is 24.3 Å². The first-order valence-corrected chi connectivity index (χ1v) is 9.28. The summed E-state index contributed by atoms with van der Waals surface area (Å²) in [6, 6.07) is 11.1. The van der Waals surface area contributed by atoms with Gasteiger partial charge in [0.25, 0.3) is 0 Å². The van der Waals surface area contributed by atoms with Gasteiger partial charge in [-0.3, -0.25) is 4.79 Å². The first kappa shape index (κ1) is 20.7. The van der Waals surface area contributed by atoms with Gasteiger partial charge in [-0.2, -0.15) is 0 Å². The van der Waals surface area contributed by atoms with Gasteiger partial charge in [0.2, 0.25) is 5.91 Å². The molecule has 0 aliphatic heterocycles. The molecule has 0 unspecified atom stereocenters. The van der Waals surface area contributed by atoms with E-state index in [9.17, 15) is 18.7 Å². The number of hydrogen-bond donors (Lipinski definition) is 3. The summed E-state index contributed by atoms with van der Waals surface area (Å²) >= 11 is 2.22. The lowest BCUT2D eigenvalue weighted by Gasteiger charge is -2.22. The Hall–Kier alpha value is -1.58. The van der Waals surface area contributed by atoms with Crippen molar-refractivity contribution in [2.75, 3.05) is 6.54 Å². The van der Waals surface area contributed by atoms with Gasteiger partial charge >= 0.3 is 0 Å². The van der Waals surface area contributed by atoms with E-state index < -0.39 is 29.6 Å². The summed E-state index contributed by atoms with van der Waals surface area (Å²) in [5.74, 6) is -2.48. The van der Waals surface area contributed by atoms with Crippen molar-refractivity contribution in [1.29, 1.82) is 0 Å². The highest BCUT2D eigenvalue weighted by Gasteiger charge is 2.22. The van der Waals surface area contributed by atoms with E-state index >= 15 is 0 Å². The average molecular weight is 474 g/mol. The molecule has 0 aromatic heterocycles. The molecule has 4 nitrogen and oxygen atoms in total. The minimum atomic E-state index is -0.878. The van der Waals surface area contributed by atoms with Crippen LogP contribution in [0.3, 0.4) is 0 Å². The second-order valence-corrected chi connectivity index (χ2v) is 7.49. The third-order valence-corrected chi connectivity index (χ3v) is 4.67. The Kier molecular flexibility index (Phi) is 7.92. The number of nitrogens with two attached hydrogens (primary N) is 1. The van der Waals surface area contributed by atoms with Gasteiger partial charge in [0.05, 0.1) is 6.10 Å². The maximum absolute atomic E-state index is 13.4. The summed E-state index contributed by atoms with van der Waals surface area (Å²) in [5.41, 5.74) is 6.71. The summed E-state index contributed by atoms with van der Waals surface area (Å²) in [6.45, 7) is 0.799. The van der Waals surface area contributed by atoms with Crippen LogP contribution >= 0.6 is 22.6 Å². The Bertz CT molecular complexity index is 738. The fraction of sp³-hybridized carbons (Fsp3) is 0.316. The molecule has 0 radical (unpaired) electrons. The van der Waals surface area contributed by atoms with Crippen LogP contribution in [0.5, 0.6) is 0 Å². The summed E-state index contributed by atoms with van der Waals surface area (Å²) in [4.78, 5) is 11.3. The van der Waals surface area contributed by atoms with Crippen LogP contribution in [-0.4, -0.2) is 23.7 Å². The van der Waals surface area contributed by atoms with Gasteiger partial charge in [-0.25, -0.2) is 8.78 Å². The van der Waals surface area contributed by atoms with Crippen molar-refractivity contribution in [3.63, 3.8) is 0 Å². The molecule has 0 spiro atoms. The Morgan fingerprint density at radius 2 is 1.85 bits per heavy atom. The highest BCUT2D eigenvalue weighted by atomic mass is 127. The molecule has 0 heterocycles. The van der Waals surface area contributed by atoms with Crippen LogP contribution in [0.2, 0.25) is 0 Å². The fourth-order valence-corrected chi connectivity index (χ4v) is 3.42. The summed E-state index contributed by atoms with van der Waals surface area (Å²) in [5, 5.41) is 13.6. The molecule has 0 saturated heterocycles. The van der Waals surface area contributed by atoms with E-state index in [0.29, 0.717) is 12.1 Å². The number of carbonyl (C=O) groups is 1. The zero-order valence-electron chi connectivity index (χ0n) is 14.1. The molecule has 1 amide bonds. The van der Waals surface area contributed by atoms with Gasteiger partial charge in [0.1, 0.15) is 11.6 Å². The first-order chi connectivity index (χ1) is 12.3. The van der Waals surface area contributed by atoms with Gasteiger partial charge in [0.15, 0.2) is 0 Å². The topological polar surface area (TPSA) is 75.4 Å². The third kappa shape index (κ3) is 6.97. The van der Waals surface area contributed by atoms with Crippen LogP contribution in [0.1, 0.15) is 17.5 Å². The zero-order valence-corrected chi connectivity index (χ0v) is 16.2. The highest BCUT2D eigenvalue weighted by molar-refractivity contribution is 14.1. The first-order valence-electron chi connectivity index (χ1n) is 8.20. The van der Waals surface area contributed by atoms with Crippen LogP contribution in [0.4, 0.5) is 8.78 Å². The van der Waals surface area contributed by atoms with Crippen molar-refractivity contribution in [2.45, 2.75) is 25.5 Å². The fourth-order valence-electron chi connectivity index (χ4n) is 2.81. The minimum Gasteiger partial charge on any atom is -0.391 e. The van der Waals surface area contributed by atoms with E-state index in [-0.39, 0.29) is 19.4 Å². The Balaban J connectivity index is 1.97. The summed E-state index contributed by atoms with van der Waals surface area (Å²) < 4.78 is 27.8. The standard InChI is InChI=1S/C19H21F2IN2O2/c20-15-5-13(6-16(21)9-15)4-14(8-19(23)26)18(25)11-24-10-12-2-1-3-17(22)7-12/h1-3,5-7,9,14,18,24-25H,4,8,10-11H2,(H2,23,26)/t14-,18-/m0/s1. The van der Waals surface area contributed by atoms with Gasteiger partial charge in [-0.15, -0.1) is 0 Å². The highest BCUT2D eigenvalue weighted by Crippen LogP contribution is 2.18. The molecule has 2 aromatic rings. The number of benzene rings is 2. The van der Waals surface area contributed by atoms with Crippen molar-refractivity contribution in [1.82, 2.24) is 5.32 Å². The van der Waals surface area contributed by atoms with E-state index in [4.69, 9.17) is 5.73 Å². The molecule has 2 aromatic carbocycles. The van der Waals surface area contributed by atoms with Crippen LogP contribution < -0.4 is 11.1 Å². The van der Waals surface area contributed by atoms with Gasteiger partial charge in [-0.1, -0.05) is 12.1 Å². The predicted octanol–water partition coefficient (Wildman–Crippen LogP) is 2.75. The van der Waals surface area contributed by atoms with E-state index in [0.717, 1.165) is 15.2 Å². The second-order valence-electron chi connectivity index (χ2n) is 6.24. The van der Waals surface area contributed by atoms with Gasteiger partial charge in [0, 0.05) is 29.1 Å². The quantitative estimate of drug-likeness (QED) is 0.490. The number of aliphatic hydroxyl groups is 1. The largest absolute Gasteiger partial charge is 0.391 e. The van der Waals surface area contributed by atoms with Crippen molar-refractivity contribution in [2.24, 2.45) is 11.7 Å². The Morgan fingerprint density at radius 3 is 2.46 bits per heavy atom. The Labute approximate surface area is 164 Å². The molecule has 0 bridgehead atoms. The second kappa shape index (κ2) is 9.94. The van der Waals surface area contributed by atoms with Gasteiger partial charge < -0.3 is 16.2 Å². The molecule has 0 aliphatic rings. The average Bonchev–Trinajstić information content (AvgIpc) is 2.53. The zero-order chi connectivity index (χ0) is 19.1. The lowest BCUT2D eigenvalue weighted by Crippen LogP contribution is -2.36. The number of halogens is 3. The molecular formula is C19H21F2IN2O2. The third-order valence-electron chi connectivity index (χ3n) is 4.00. The SMILES string of the molecule is NC(=O)C[C@H](Cc1cc(F)cc(F)c1)[C@@H](O)CNCc1cccc(I)c1. The number of rotatable bonds is 9. The smallest absolute Gasteiger partial charge is 0.217 e. The maximum Gasteiger partial charge on any atom is 0.217 e. The molecule has 7 heteroatoms. The summed E-state index contributed by atoms with van der Waals surface area (Å²) in [6.07, 6.45) is -0.787. The number of nitrogens with one attached hydrogen (secondary N) is 1. The van der Waals surface area contributed by atoms with Crippen molar-refractivity contribution in [3.8, 4) is 0 Å². The minimum absolute atomic E-state index is 0.0653. The monoisotopic (exact) mass is 474 g/mol. The van der Waals surface area contributed by atoms with Crippen LogP contribution in [0.25, 0.3) is 0 Å². The molecule has 2 rings (SSSR count). The number of carbonyl (C=O) groups excluding carboxylic acids is 1. The van der Waals surface area contributed by atoms with Crippen molar-refractivity contribution in [3.05, 3.63) is 68.8 Å². The predicted molar refractivity (Wildman–Crippen MR) is 104 cm³/mol. The Morgan fingerprint density at radius 1 is 1.15 bits per heavy atom. The van der Waals surface area contributed by atoms with Crippen molar-refractivity contribution >= 4 is 28.5 Å². The van der Waals surface area contributed by atoms with Crippen molar-refractivity contribution < 1.29 is 18.7 Å². The molecule has 0 aliphatic carbocycles. The van der Waals surface area contributed by atoms with E-state index in [1.165, 1.54) is 12.1 Å². The van der Waals surface area contributed by atoms with E-state index in [2.05, 4.69) is 27.9 Å². The van der Waals surface area contributed by atoms with Crippen LogP contribution in [0, 0.1) is 21.1 Å². The maximum atomic E-state index is 13.4. The molecule has 140 valence electrons. The lowest BCUT2D eigenvalue weighted by molar-refractivity contribution is -0.119. The molecule has 2 atom stereocenters. The molecule has 4 N–H and O–H groups in total. The van der Waals surface area contributed by atoms with Gasteiger partial charge in [-0.05, 0) is 70.3 Å². The molecule has 0 fully saturated rings. The number of primary amides is 1. The molecular weight excluding hydrogens is 453 g/mol. The van der Waals surface area contributed by atoms with Crippen LogP contribution in [0.15, 0.2) is 42.5 Å². The van der Waals surface area contributed by atoms with E-state index in [1.54, 1.807) is 0 Å². The molecule has 26 heavy (non-hydrogen) atoms.